The Morgan fingerprint density at radius 1 is 1.15 bits per heavy atom. The second-order valence-corrected chi connectivity index (χ2v) is 7.49. The van der Waals surface area contributed by atoms with Crippen molar-refractivity contribution in [2.24, 2.45) is 0 Å². The Balaban J connectivity index is 1.96. The number of carbonyl (C=O) groups is 2. The molecule has 1 aromatic heterocycles. The quantitative estimate of drug-likeness (QED) is 0.482. The average molecular weight is 382 g/mol. The molecule has 0 atom stereocenters. The Bertz CT molecular complexity index is 611. The molecule has 26 heavy (non-hydrogen) atoms. The van der Waals surface area contributed by atoms with E-state index in [9.17, 15) is 9.59 Å². The summed E-state index contributed by atoms with van der Waals surface area (Å²) in [6, 6.07) is 0. The minimum absolute atomic E-state index is 0.117. The zero-order valence-corrected chi connectivity index (χ0v) is 17.0. The molecule has 1 amide bonds. The molecule has 0 bridgehead atoms. The van der Waals surface area contributed by atoms with Gasteiger partial charge in [-0.15, -0.1) is 11.3 Å². The smallest absolute Gasteiger partial charge is 0.341 e. The van der Waals surface area contributed by atoms with E-state index in [1.807, 2.05) is 0 Å². The van der Waals surface area contributed by atoms with E-state index in [1.165, 1.54) is 16.2 Å². The van der Waals surface area contributed by atoms with Crippen molar-refractivity contribution in [3.63, 3.8) is 0 Å². The van der Waals surface area contributed by atoms with Gasteiger partial charge < -0.3 is 20.3 Å². The molecule has 2 N–H and O–H groups in total. The lowest BCUT2D eigenvalue weighted by molar-refractivity contribution is -0.115. The number of nitrogens with zero attached hydrogens (tertiary/aromatic N) is 1. The fraction of sp³-hybridized carbons (Fsp3) is 0.684. The lowest BCUT2D eigenvalue weighted by Crippen LogP contribution is -2.35. The van der Waals surface area contributed by atoms with Gasteiger partial charge in [-0.1, -0.05) is 13.8 Å². The third-order valence-electron chi connectivity index (χ3n) is 4.69. The molecule has 0 spiro atoms. The van der Waals surface area contributed by atoms with Gasteiger partial charge in [-0.05, 0) is 51.3 Å². The molecule has 1 aliphatic rings. The number of aryl methyl sites for hydroxylation is 1. The number of rotatable bonds is 10. The molecule has 0 unspecified atom stereocenters. The van der Waals surface area contributed by atoms with Gasteiger partial charge in [0.15, 0.2) is 0 Å². The van der Waals surface area contributed by atoms with Crippen LogP contribution in [0.2, 0.25) is 0 Å². The van der Waals surface area contributed by atoms with Crippen molar-refractivity contribution in [2.45, 2.75) is 46.5 Å². The van der Waals surface area contributed by atoms with Crippen molar-refractivity contribution in [2.75, 3.05) is 44.6 Å². The fourth-order valence-electron chi connectivity index (χ4n) is 3.22. The Hall–Kier alpha value is -1.44. The zero-order valence-electron chi connectivity index (χ0n) is 16.2. The standard InChI is InChI=1S/C19H31N3O3S/c1-4-22(5-2)12-11-20-13-16(23)21-18-17(19(24)25-6-3)14-9-7-8-10-15(14)26-18/h20H,4-13H2,1-3H3,(H,21,23). The van der Waals surface area contributed by atoms with Crippen LogP contribution in [0.5, 0.6) is 0 Å². The first kappa shape index (κ1) is 20.9. The number of nitrogens with one attached hydrogen (secondary N) is 2. The minimum atomic E-state index is -0.323. The Morgan fingerprint density at radius 2 is 1.88 bits per heavy atom. The van der Waals surface area contributed by atoms with Gasteiger partial charge in [0.05, 0.1) is 18.7 Å². The minimum Gasteiger partial charge on any atom is -0.462 e. The number of carbonyl (C=O) groups excluding carboxylic acids is 2. The predicted octanol–water partition coefficient (Wildman–Crippen LogP) is 2.67. The highest BCUT2D eigenvalue weighted by atomic mass is 32.1. The summed E-state index contributed by atoms with van der Waals surface area (Å²) in [4.78, 5) is 28.2. The van der Waals surface area contributed by atoms with Crippen LogP contribution >= 0.6 is 11.3 Å². The molecule has 0 fully saturated rings. The van der Waals surface area contributed by atoms with Gasteiger partial charge in [-0.25, -0.2) is 4.79 Å². The lowest BCUT2D eigenvalue weighted by atomic mass is 9.95. The van der Waals surface area contributed by atoms with Crippen LogP contribution in [0.1, 0.15) is 54.4 Å². The molecule has 2 rings (SSSR count). The summed E-state index contributed by atoms with van der Waals surface area (Å²) in [6.45, 7) is 10.3. The van der Waals surface area contributed by atoms with E-state index in [4.69, 9.17) is 4.74 Å². The number of hydrogen-bond donors (Lipinski definition) is 2. The van der Waals surface area contributed by atoms with Gasteiger partial charge in [0.2, 0.25) is 5.91 Å². The van der Waals surface area contributed by atoms with Crippen molar-refractivity contribution in [1.82, 2.24) is 10.2 Å². The molecule has 1 aromatic rings. The van der Waals surface area contributed by atoms with Crippen molar-refractivity contribution >= 4 is 28.2 Å². The first-order valence-electron chi connectivity index (χ1n) is 9.65. The second-order valence-electron chi connectivity index (χ2n) is 6.39. The van der Waals surface area contributed by atoms with Gasteiger partial charge in [0.1, 0.15) is 5.00 Å². The molecule has 0 aromatic carbocycles. The molecule has 7 heteroatoms. The van der Waals surface area contributed by atoms with Gasteiger partial charge >= 0.3 is 5.97 Å². The topological polar surface area (TPSA) is 70.7 Å². The normalized spacial score (nSPS) is 13.5. The van der Waals surface area contributed by atoms with Crippen LogP contribution < -0.4 is 10.6 Å². The van der Waals surface area contributed by atoms with Crippen LogP contribution in [0, 0.1) is 0 Å². The average Bonchev–Trinajstić information content (AvgIpc) is 2.99. The highest BCUT2D eigenvalue weighted by Crippen LogP contribution is 2.38. The number of amides is 1. The first-order chi connectivity index (χ1) is 12.6. The monoisotopic (exact) mass is 381 g/mol. The van der Waals surface area contributed by atoms with Gasteiger partial charge in [-0.3, -0.25) is 4.79 Å². The molecule has 0 saturated heterocycles. The van der Waals surface area contributed by atoms with E-state index in [1.54, 1.807) is 6.92 Å². The Morgan fingerprint density at radius 3 is 2.58 bits per heavy atom. The Labute approximate surface area is 160 Å². The van der Waals surface area contributed by atoms with Crippen molar-refractivity contribution in [3.8, 4) is 0 Å². The summed E-state index contributed by atoms with van der Waals surface area (Å²) in [5.41, 5.74) is 1.65. The third-order valence-corrected chi connectivity index (χ3v) is 5.90. The van der Waals surface area contributed by atoms with E-state index in [-0.39, 0.29) is 18.4 Å². The van der Waals surface area contributed by atoms with Crippen molar-refractivity contribution in [3.05, 3.63) is 16.0 Å². The van der Waals surface area contributed by atoms with Crippen LogP contribution in [0.15, 0.2) is 0 Å². The fourth-order valence-corrected chi connectivity index (χ4v) is 4.52. The molecule has 0 aliphatic heterocycles. The molecule has 1 heterocycles. The van der Waals surface area contributed by atoms with Crippen LogP contribution in [0.3, 0.4) is 0 Å². The lowest BCUT2D eigenvalue weighted by Gasteiger charge is -2.17. The number of anilines is 1. The van der Waals surface area contributed by atoms with E-state index in [2.05, 4.69) is 29.4 Å². The third kappa shape index (κ3) is 5.53. The molecular weight excluding hydrogens is 350 g/mol. The van der Waals surface area contributed by atoms with Gasteiger partial charge in [-0.2, -0.15) is 0 Å². The molecular formula is C19H31N3O3S. The molecule has 146 valence electrons. The maximum absolute atomic E-state index is 12.4. The van der Waals surface area contributed by atoms with Crippen LogP contribution in [0.4, 0.5) is 5.00 Å². The number of likely N-dealkylation sites (N-methyl/N-ethyl adjacent to an activating group) is 1. The maximum atomic E-state index is 12.4. The SMILES string of the molecule is CCOC(=O)c1c(NC(=O)CNCCN(CC)CC)sc2c1CCCC2. The van der Waals surface area contributed by atoms with Crippen LogP contribution in [-0.2, 0) is 22.4 Å². The summed E-state index contributed by atoms with van der Waals surface area (Å²) in [7, 11) is 0. The number of hydrogen-bond acceptors (Lipinski definition) is 6. The summed E-state index contributed by atoms with van der Waals surface area (Å²) in [5, 5.41) is 6.75. The highest BCUT2D eigenvalue weighted by Gasteiger charge is 2.27. The van der Waals surface area contributed by atoms with Crippen LogP contribution in [-0.4, -0.2) is 56.1 Å². The summed E-state index contributed by atoms with van der Waals surface area (Å²) < 4.78 is 5.22. The van der Waals surface area contributed by atoms with E-state index >= 15 is 0 Å². The first-order valence-corrected chi connectivity index (χ1v) is 10.5. The van der Waals surface area contributed by atoms with Crippen molar-refractivity contribution in [1.29, 1.82) is 0 Å². The highest BCUT2D eigenvalue weighted by molar-refractivity contribution is 7.17. The van der Waals surface area contributed by atoms with E-state index in [0.29, 0.717) is 17.2 Å². The molecule has 0 radical (unpaired) electrons. The summed E-state index contributed by atoms with van der Waals surface area (Å²) >= 11 is 1.53. The number of ether oxygens (including phenoxy) is 1. The number of esters is 1. The Kier molecular flexibility index (Phi) is 8.54. The number of fused-ring (bicyclic) bond motifs is 1. The molecule has 6 nitrogen and oxygen atoms in total. The van der Waals surface area contributed by atoms with Gasteiger partial charge in [0, 0.05) is 18.0 Å². The van der Waals surface area contributed by atoms with Crippen molar-refractivity contribution < 1.29 is 14.3 Å². The zero-order chi connectivity index (χ0) is 18.9. The maximum Gasteiger partial charge on any atom is 0.341 e. The number of thiophene rings is 1. The largest absolute Gasteiger partial charge is 0.462 e. The van der Waals surface area contributed by atoms with Crippen LogP contribution in [0.25, 0.3) is 0 Å². The van der Waals surface area contributed by atoms with E-state index in [0.717, 1.165) is 57.4 Å². The van der Waals surface area contributed by atoms with Gasteiger partial charge in [0.25, 0.3) is 0 Å². The molecule has 1 aliphatic carbocycles. The predicted molar refractivity (Wildman–Crippen MR) is 106 cm³/mol. The summed E-state index contributed by atoms with van der Waals surface area (Å²) in [5.74, 6) is -0.439. The molecule has 0 saturated carbocycles. The van der Waals surface area contributed by atoms with E-state index < -0.39 is 0 Å². The summed E-state index contributed by atoms with van der Waals surface area (Å²) in [6.07, 6.45) is 4.08. The second kappa shape index (κ2) is 10.6.